The first-order chi connectivity index (χ1) is 17.9. The number of carboxylic acids is 1. The second-order valence-electron chi connectivity index (χ2n) is 8.38. The fraction of sp³-hybridized carbons (Fsp3) is 0.750. The number of nitrogens with two attached hydrogens (primary N) is 3. The first-order valence-corrected chi connectivity index (χ1v) is 16.2. The van der Waals surface area contributed by atoms with Gasteiger partial charge in [-0.3, -0.25) is 14.4 Å². The van der Waals surface area contributed by atoms with Crippen LogP contribution in [0, 0.1) is 5.41 Å². The number of carbonyl (C=O) groups is 4. The van der Waals surface area contributed by atoms with Crippen molar-refractivity contribution in [2.45, 2.75) is 50.7 Å². The lowest BCUT2D eigenvalue weighted by Crippen LogP contribution is -2.44. The first-order valence-electron chi connectivity index (χ1n) is 12.0. The first kappa shape index (κ1) is 38.7. The van der Waals surface area contributed by atoms with Crippen molar-refractivity contribution in [3.05, 3.63) is 12.7 Å². The lowest BCUT2D eigenvalue weighted by molar-refractivity contribution is -0.164. The van der Waals surface area contributed by atoms with Crippen molar-refractivity contribution in [2.75, 3.05) is 55.8 Å². The van der Waals surface area contributed by atoms with Crippen molar-refractivity contribution >= 4 is 59.2 Å². The van der Waals surface area contributed by atoms with Gasteiger partial charge in [-0.05, 0) is 61.7 Å². The van der Waals surface area contributed by atoms with Gasteiger partial charge in [-0.1, -0.05) is 13.5 Å². The minimum absolute atomic E-state index is 0.115. The highest BCUT2D eigenvalue weighted by atomic mass is 32.2. The zero-order chi connectivity index (χ0) is 29.6. The average molecular weight is 600 g/mol. The molecule has 0 aliphatic heterocycles. The summed E-state index contributed by atoms with van der Waals surface area (Å²) >= 11 is 4.76. The number of esters is 3. The summed E-state index contributed by atoms with van der Waals surface area (Å²) in [7, 11) is 0. The molecule has 0 saturated carbocycles. The predicted octanol–water partition coefficient (Wildman–Crippen LogP) is 1.51. The number of ether oxygens (including phenoxy) is 3. The van der Waals surface area contributed by atoms with Crippen molar-refractivity contribution in [1.82, 2.24) is 0 Å². The van der Waals surface area contributed by atoms with Gasteiger partial charge >= 0.3 is 23.9 Å². The van der Waals surface area contributed by atoms with E-state index in [9.17, 15) is 19.2 Å². The van der Waals surface area contributed by atoms with Gasteiger partial charge in [0.05, 0.1) is 5.41 Å². The molecule has 7 N–H and O–H groups in total. The summed E-state index contributed by atoms with van der Waals surface area (Å²) in [5.74, 6) is -0.441. The van der Waals surface area contributed by atoms with Gasteiger partial charge in [-0.15, -0.1) is 0 Å². The Balaban J connectivity index is 0. The van der Waals surface area contributed by atoms with Crippen LogP contribution in [0.3, 0.4) is 0 Å². The van der Waals surface area contributed by atoms with Crippen LogP contribution in [0.1, 0.15) is 32.6 Å². The van der Waals surface area contributed by atoms with Crippen LogP contribution in [-0.2, 0) is 33.4 Å². The van der Waals surface area contributed by atoms with Crippen LogP contribution in [0.15, 0.2) is 12.7 Å². The number of hydrogen-bond donors (Lipinski definition) is 4. The molecule has 0 aromatic heterocycles. The molecule has 0 aliphatic carbocycles. The van der Waals surface area contributed by atoms with Gasteiger partial charge in [-0.25, -0.2) is 4.79 Å². The van der Waals surface area contributed by atoms with Crippen molar-refractivity contribution in [1.29, 1.82) is 0 Å². The van der Waals surface area contributed by atoms with E-state index < -0.39 is 47.4 Å². The molecule has 0 unspecified atom stereocenters. The summed E-state index contributed by atoms with van der Waals surface area (Å²) in [5.41, 5.74) is 16.8. The summed E-state index contributed by atoms with van der Waals surface area (Å²) in [5, 5.41) is 7.60. The quantitative estimate of drug-likeness (QED) is 0.0893. The van der Waals surface area contributed by atoms with Crippen LogP contribution in [0.4, 0.5) is 0 Å². The number of carbonyl (C=O) groups excluding carboxylic acids is 3. The van der Waals surface area contributed by atoms with Gasteiger partial charge in [0, 0.05) is 6.08 Å². The minimum atomic E-state index is -0.981. The molecule has 14 heteroatoms. The Morgan fingerprint density at radius 1 is 0.763 bits per heavy atom. The van der Waals surface area contributed by atoms with Crippen molar-refractivity contribution in [2.24, 2.45) is 22.6 Å². The molecular weight excluding hydrogens is 554 g/mol. The predicted molar refractivity (Wildman–Crippen MR) is 156 cm³/mol. The number of thioether (sulfide) groups is 3. The fourth-order valence-electron chi connectivity index (χ4n) is 2.51. The van der Waals surface area contributed by atoms with Crippen LogP contribution in [0.2, 0.25) is 0 Å². The Bertz CT molecular complexity index is 641. The van der Waals surface area contributed by atoms with Crippen LogP contribution in [0.5, 0.6) is 0 Å². The van der Waals surface area contributed by atoms with E-state index in [1.54, 1.807) is 35.3 Å². The maximum atomic E-state index is 12.3. The van der Waals surface area contributed by atoms with E-state index in [-0.39, 0.29) is 19.8 Å². The van der Waals surface area contributed by atoms with E-state index in [1.807, 2.05) is 25.7 Å². The standard InChI is InChI=1S/C21H41N3O6S3.C3H4O2/c1-5-21(12-28-18(25)15(22)6-9-31-2,13-29-19(26)16(23)7-10-32-3)14-30-20(27)17(24)8-11-33-4;1-2-3(4)5/h15-17H,5-14,22-24H2,1-4H3;2H,1H2,(H,4,5)/t15-,16-,17-;/m0./s1. The highest BCUT2D eigenvalue weighted by Gasteiger charge is 2.36. The largest absolute Gasteiger partial charge is 0.478 e. The molecule has 0 rings (SSSR count). The molecule has 0 fully saturated rings. The van der Waals surface area contributed by atoms with E-state index >= 15 is 0 Å². The molecule has 0 spiro atoms. The number of hydrogen-bond acceptors (Lipinski definition) is 13. The summed E-state index contributed by atoms with van der Waals surface area (Å²) < 4.78 is 16.3. The third-order valence-corrected chi connectivity index (χ3v) is 7.23. The van der Waals surface area contributed by atoms with Gasteiger partial charge in [0.1, 0.15) is 37.9 Å². The zero-order valence-electron chi connectivity index (χ0n) is 22.8. The Hall–Kier alpha value is -1.45. The van der Waals surface area contributed by atoms with Crippen LogP contribution < -0.4 is 17.2 Å². The van der Waals surface area contributed by atoms with Gasteiger partial charge in [0.25, 0.3) is 0 Å². The third-order valence-electron chi connectivity index (χ3n) is 5.29. The minimum Gasteiger partial charge on any atom is -0.478 e. The summed E-state index contributed by atoms with van der Waals surface area (Å²) in [6.07, 6.45) is 8.48. The topological polar surface area (TPSA) is 194 Å². The van der Waals surface area contributed by atoms with E-state index in [4.69, 9.17) is 36.5 Å². The zero-order valence-corrected chi connectivity index (χ0v) is 25.3. The molecule has 222 valence electrons. The fourth-order valence-corrected chi connectivity index (χ4v) is 3.98. The maximum Gasteiger partial charge on any atom is 0.327 e. The molecule has 0 saturated heterocycles. The van der Waals surface area contributed by atoms with Crippen molar-refractivity contribution in [3.8, 4) is 0 Å². The lowest BCUT2D eigenvalue weighted by Gasteiger charge is -2.32. The molecule has 0 aliphatic rings. The number of aliphatic carboxylic acids is 1. The Morgan fingerprint density at radius 2 is 1.03 bits per heavy atom. The smallest absolute Gasteiger partial charge is 0.327 e. The van der Waals surface area contributed by atoms with E-state index in [0.717, 1.165) is 23.3 Å². The van der Waals surface area contributed by atoms with E-state index in [1.165, 1.54) is 0 Å². The molecule has 0 aromatic carbocycles. The summed E-state index contributed by atoms with van der Waals surface area (Å²) in [4.78, 5) is 46.2. The molecule has 0 heterocycles. The van der Waals surface area contributed by atoms with E-state index in [0.29, 0.717) is 25.7 Å². The van der Waals surface area contributed by atoms with Crippen LogP contribution in [-0.4, -0.2) is 103 Å². The number of carboxylic acid groups (broad SMARTS) is 1. The molecule has 3 atom stereocenters. The maximum absolute atomic E-state index is 12.3. The molecule has 38 heavy (non-hydrogen) atoms. The normalized spacial score (nSPS) is 13.2. The van der Waals surface area contributed by atoms with E-state index in [2.05, 4.69) is 6.58 Å². The average Bonchev–Trinajstić information content (AvgIpc) is 2.92. The van der Waals surface area contributed by atoms with Gasteiger partial charge < -0.3 is 36.5 Å². The second-order valence-corrected chi connectivity index (χ2v) is 11.3. The molecule has 0 amide bonds. The molecule has 11 nitrogen and oxygen atoms in total. The molecule has 0 radical (unpaired) electrons. The van der Waals surface area contributed by atoms with Crippen molar-refractivity contribution < 1.29 is 38.5 Å². The summed E-state index contributed by atoms with van der Waals surface area (Å²) in [6.45, 7) is 4.45. The van der Waals surface area contributed by atoms with Crippen LogP contribution in [0.25, 0.3) is 0 Å². The van der Waals surface area contributed by atoms with Gasteiger partial charge in [0.15, 0.2) is 0 Å². The Morgan fingerprint density at radius 3 is 1.21 bits per heavy atom. The molecule has 0 bridgehead atoms. The highest BCUT2D eigenvalue weighted by molar-refractivity contribution is 7.98. The second kappa shape index (κ2) is 23.4. The monoisotopic (exact) mass is 599 g/mol. The summed E-state index contributed by atoms with van der Waals surface area (Å²) in [6, 6.07) is -2.26. The van der Waals surface area contributed by atoms with Gasteiger partial charge in [-0.2, -0.15) is 35.3 Å². The Kier molecular flexibility index (Phi) is 23.9. The lowest BCUT2D eigenvalue weighted by atomic mass is 9.88. The number of rotatable bonds is 20. The highest BCUT2D eigenvalue weighted by Crippen LogP contribution is 2.25. The van der Waals surface area contributed by atoms with Crippen molar-refractivity contribution in [3.63, 3.8) is 0 Å². The third kappa shape index (κ3) is 18.7. The molecule has 0 aromatic rings. The van der Waals surface area contributed by atoms with Crippen LogP contribution >= 0.6 is 35.3 Å². The van der Waals surface area contributed by atoms with Gasteiger partial charge in [0.2, 0.25) is 0 Å². The SMILES string of the molecule is C=CC(=O)O.CCC(COC(=O)[C@@H](N)CCSC)(COC(=O)[C@@H](N)CCSC)COC(=O)[C@@H](N)CCSC. The Labute approximate surface area is 239 Å². The molecular formula is C24H45N3O8S3.